The molecule has 10 nitrogen and oxygen atoms in total. The quantitative estimate of drug-likeness (QED) is 0.0668. The van der Waals surface area contributed by atoms with Crippen molar-refractivity contribution in [2.24, 2.45) is 0 Å². The zero-order valence-corrected chi connectivity index (χ0v) is 33.6. The van der Waals surface area contributed by atoms with Gasteiger partial charge in [-0.2, -0.15) is 9.61 Å². The largest absolute Gasteiger partial charge is 0.444 e. The van der Waals surface area contributed by atoms with Crippen LogP contribution >= 0.6 is 11.6 Å². The summed E-state index contributed by atoms with van der Waals surface area (Å²) in [4.78, 5) is 26.7. The third kappa shape index (κ3) is 11.3. The fourth-order valence-corrected chi connectivity index (χ4v) is 7.30. The third-order valence-electron chi connectivity index (χ3n) is 8.48. The molecule has 4 heterocycles. The molecule has 0 radical (unpaired) electrons. The number of aryl methyl sites for hydroxylation is 1. The topological polar surface area (TPSA) is 94.3 Å². The van der Waals surface area contributed by atoms with E-state index in [4.69, 9.17) is 35.9 Å². The first-order valence-electron chi connectivity index (χ1n) is 17.3. The van der Waals surface area contributed by atoms with E-state index in [0.29, 0.717) is 38.2 Å². The Hall–Kier alpha value is -2.52. The Labute approximate surface area is 294 Å². The van der Waals surface area contributed by atoms with Crippen molar-refractivity contribution in [3.8, 4) is 11.1 Å². The molecule has 1 aliphatic rings. The summed E-state index contributed by atoms with van der Waals surface area (Å²) in [7, 11) is -2.52. The van der Waals surface area contributed by atoms with Gasteiger partial charge in [0.05, 0.1) is 6.20 Å². The summed E-state index contributed by atoms with van der Waals surface area (Å²) in [5.41, 5.74) is 2.85. The summed E-state index contributed by atoms with van der Waals surface area (Å²) in [5.74, 6) is 0.855. The number of rotatable bonds is 15. The molecule has 3 aromatic heterocycles. The van der Waals surface area contributed by atoms with E-state index in [1.165, 1.54) is 0 Å². The first kappa shape index (κ1) is 38.3. The van der Waals surface area contributed by atoms with Crippen molar-refractivity contribution in [1.29, 1.82) is 0 Å². The van der Waals surface area contributed by atoms with Crippen LogP contribution in [0, 0.1) is 0 Å². The number of amides is 1. The molecular weight excluding hydrogens is 660 g/mol. The molecule has 1 aliphatic heterocycles. The molecule has 0 saturated carbocycles. The number of carbonyl (C=O) groups excluding carboxylic acids is 1. The Morgan fingerprint density at radius 2 is 1.65 bits per heavy atom. The number of likely N-dealkylation sites (tertiary alicyclic amines) is 1. The maximum atomic E-state index is 13.2. The monoisotopic (exact) mass is 716 g/mol. The van der Waals surface area contributed by atoms with Gasteiger partial charge in [-0.1, -0.05) is 50.9 Å². The van der Waals surface area contributed by atoms with Crippen LogP contribution in [0.4, 0.5) is 10.6 Å². The normalized spacial score (nSPS) is 17.4. The van der Waals surface area contributed by atoms with E-state index in [1.807, 2.05) is 42.4 Å². The molecule has 0 aromatic carbocycles. The minimum Gasteiger partial charge on any atom is -0.444 e. The van der Waals surface area contributed by atoms with Gasteiger partial charge in [0.25, 0.3) is 0 Å². The summed E-state index contributed by atoms with van der Waals surface area (Å²) in [5, 5.41) is 5.25. The van der Waals surface area contributed by atoms with Crippen molar-refractivity contribution in [2.75, 3.05) is 31.6 Å². The molecule has 48 heavy (non-hydrogen) atoms. The van der Waals surface area contributed by atoms with Crippen molar-refractivity contribution >= 4 is 45.3 Å². The molecule has 1 amide bonds. The van der Waals surface area contributed by atoms with Gasteiger partial charge in [0.2, 0.25) is 0 Å². The van der Waals surface area contributed by atoms with Crippen LogP contribution < -0.4 is 4.90 Å². The lowest BCUT2D eigenvalue weighted by atomic mass is 10.1. The highest BCUT2D eigenvalue weighted by molar-refractivity contribution is 6.76. The second-order valence-corrected chi connectivity index (χ2v) is 28.1. The van der Waals surface area contributed by atoms with E-state index < -0.39 is 21.7 Å². The van der Waals surface area contributed by atoms with Crippen LogP contribution in [-0.4, -0.2) is 91.1 Å². The van der Waals surface area contributed by atoms with E-state index in [2.05, 4.69) is 62.2 Å². The number of fused-ring (bicyclic) bond motifs is 1. The highest BCUT2D eigenvalue weighted by Gasteiger charge is 2.37. The van der Waals surface area contributed by atoms with Crippen LogP contribution in [0.5, 0.6) is 0 Å². The number of halogens is 1. The Kier molecular flexibility index (Phi) is 12.8. The molecule has 4 rings (SSSR count). The van der Waals surface area contributed by atoms with Gasteiger partial charge in [0, 0.05) is 70.5 Å². The second-order valence-electron chi connectivity index (χ2n) is 16.5. The smallest absolute Gasteiger partial charge is 0.410 e. The summed E-state index contributed by atoms with van der Waals surface area (Å²) < 4.78 is 20.3. The molecule has 266 valence electrons. The maximum absolute atomic E-state index is 13.2. The van der Waals surface area contributed by atoms with Crippen molar-refractivity contribution in [3.05, 3.63) is 41.4 Å². The molecule has 2 atom stereocenters. The van der Waals surface area contributed by atoms with Crippen molar-refractivity contribution in [3.63, 3.8) is 0 Å². The molecule has 0 bridgehead atoms. The predicted molar refractivity (Wildman–Crippen MR) is 201 cm³/mol. The van der Waals surface area contributed by atoms with Crippen LogP contribution in [0.15, 0.2) is 30.6 Å². The molecular formula is C35H57ClN6O4Si2. The fourth-order valence-electron chi connectivity index (χ4n) is 5.68. The van der Waals surface area contributed by atoms with Crippen molar-refractivity contribution in [1.82, 2.24) is 24.5 Å². The van der Waals surface area contributed by atoms with Gasteiger partial charge in [0.1, 0.15) is 30.0 Å². The number of aromatic nitrogens is 4. The standard InChI is InChI=1S/C35H57ClN6O4Si2/c1-26-11-14-29(41(26)34(43)46-35(2,3)4)15-13-28-21-32(42-33(39-28)30(23-38-42)27-12-16-31(36)37-22-27)40(24-44-17-19-47(5,6)7)25-45-18-20-48(8,9)10/h12,16,21-23,26,29H,11,13-15,17-20,24-25H2,1-10H3/t26-,29-/m1/s1. The van der Waals surface area contributed by atoms with E-state index in [9.17, 15) is 4.79 Å². The molecule has 0 N–H and O–H groups in total. The van der Waals surface area contributed by atoms with Crippen LogP contribution in [0.3, 0.4) is 0 Å². The summed E-state index contributed by atoms with van der Waals surface area (Å²) >= 11 is 6.13. The van der Waals surface area contributed by atoms with Crippen LogP contribution in [-0.2, 0) is 20.6 Å². The van der Waals surface area contributed by atoms with E-state index >= 15 is 0 Å². The number of nitrogens with zero attached hydrogens (tertiary/aromatic N) is 6. The number of ether oxygens (including phenoxy) is 3. The molecule has 3 aromatic rings. The van der Waals surface area contributed by atoms with Crippen molar-refractivity contribution in [2.45, 2.75) is 122 Å². The summed E-state index contributed by atoms with van der Waals surface area (Å²) in [6, 6.07) is 8.19. The SMILES string of the molecule is C[C@@H]1CC[C@H](CCc2cc(N(COCC[Si](C)(C)C)COCC[Si](C)(C)C)n3ncc(-c4ccc(Cl)nc4)c3n2)N1C(=O)OC(C)(C)C. The Balaban J connectivity index is 1.67. The van der Waals surface area contributed by atoms with Gasteiger partial charge in [0.15, 0.2) is 5.65 Å². The van der Waals surface area contributed by atoms with Crippen LogP contribution in [0.1, 0.15) is 52.7 Å². The number of anilines is 1. The average molecular weight is 718 g/mol. The first-order valence-corrected chi connectivity index (χ1v) is 25.1. The highest BCUT2D eigenvalue weighted by Crippen LogP contribution is 2.31. The van der Waals surface area contributed by atoms with E-state index in [0.717, 1.165) is 59.6 Å². The number of hydrogen-bond donors (Lipinski definition) is 0. The lowest BCUT2D eigenvalue weighted by Crippen LogP contribution is -2.43. The Morgan fingerprint density at radius 1 is 1.00 bits per heavy atom. The summed E-state index contributed by atoms with van der Waals surface area (Å²) in [6.07, 6.45) is 6.69. The second kappa shape index (κ2) is 16.0. The zero-order valence-electron chi connectivity index (χ0n) is 30.8. The Bertz CT molecular complexity index is 1480. The molecule has 1 fully saturated rings. The number of carbonyl (C=O) groups is 1. The molecule has 13 heteroatoms. The maximum Gasteiger partial charge on any atom is 0.410 e. The Morgan fingerprint density at radius 3 is 2.21 bits per heavy atom. The van der Waals surface area contributed by atoms with E-state index in [1.54, 1.807) is 12.3 Å². The predicted octanol–water partition coefficient (Wildman–Crippen LogP) is 8.60. The highest BCUT2D eigenvalue weighted by atomic mass is 35.5. The summed E-state index contributed by atoms with van der Waals surface area (Å²) in [6.45, 7) is 24.1. The lowest BCUT2D eigenvalue weighted by Gasteiger charge is -2.31. The minimum atomic E-state index is -1.26. The van der Waals surface area contributed by atoms with Crippen LogP contribution in [0.2, 0.25) is 56.5 Å². The van der Waals surface area contributed by atoms with Crippen LogP contribution in [0.25, 0.3) is 16.8 Å². The van der Waals surface area contributed by atoms with Crippen molar-refractivity contribution < 1.29 is 19.0 Å². The molecule has 0 aliphatic carbocycles. The van der Waals surface area contributed by atoms with Gasteiger partial charge in [-0.25, -0.2) is 14.8 Å². The number of hydrogen-bond acceptors (Lipinski definition) is 8. The van der Waals surface area contributed by atoms with Gasteiger partial charge < -0.3 is 24.0 Å². The van der Waals surface area contributed by atoms with Gasteiger partial charge in [-0.15, -0.1) is 0 Å². The van der Waals surface area contributed by atoms with E-state index in [-0.39, 0.29) is 18.2 Å². The average Bonchev–Trinajstić information content (AvgIpc) is 3.56. The zero-order chi connectivity index (χ0) is 35.3. The minimum absolute atomic E-state index is 0.0760. The fraction of sp³-hybridized carbons (Fsp3) is 0.657. The lowest BCUT2D eigenvalue weighted by molar-refractivity contribution is 0.0154. The number of pyridine rings is 1. The van der Waals surface area contributed by atoms with Gasteiger partial charge >= 0.3 is 6.09 Å². The molecule has 1 saturated heterocycles. The third-order valence-corrected chi connectivity index (χ3v) is 12.1. The molecule has 0 unspecified atom stereocenters. The molecule has 0 spiro atoms. The first-order chi connectivity index (χ1) is 22.4. The van der Waals surface area contributed by atoms with Gasteiger partial charge in [-0.3, -0.25) is 0 Å². The van der Waals surface area contributed by atoms with Gasteiger partial charge in [-0.05, 0) is 77.6 Å².